The van der Waals surface area contributed by atoms with Crippen molar-refractivity contribution in [3.8, 4) is 16.6 Å². The molecule has 0 aliphatic heterocycles. The summed E-state index contributed by atoms with van der Waals surface area (Å²) in [7, 11) is 0. The maximum absolute atomic E-state index is 11.2. The van der Waals surface area contributed by atoms with Gasteiger partial charge in [-0.15, -0.1) is 11.3 Å². The van der Waals surface area contributed by atoms with E-state index in [-0.39, 0.29) is 4.88 Å². The van der Waals surface area contributed by atoms with Crippen molar-refractivity contribution in [2.24, 2.45) is 0 Å². The summed E-state index contributed by atoms with van der Waals surface area (Å²) in [5.74, 6) is -0.988. The van der Waals surface area contributed by atoms with E-state index in [0.29, 0.717) is 22.8 Å². The molecule has 24 heavy (non-hydrogen) atoms. The quantitative estimate of drug-likeness (QED) is 0.760. The fourth-order valence-electron chi connectivity index (χ4n) is 2.67. The van der Waals surface area contributed by atoms with Crippen molar-refractivity contribution in [2.45, 2.75) is 26.5 Å². The van der Waals surface area contributed by atoms with E-state index >= 15 is 0 Å². The molecule has 0 amide bonds. The largest absolute Gasteiger partial charge is 0.477 e. The van der Waals surface area contributed by atoms with Crippen molar-refractivity contribution in [1.82, 2.24) is 9.55 Å². The molecule has 6 nitrogen and oxygen atoms in total. The first-order valence-corrected chi connectivity index (χ1v) is 8.14. The van der Waals surface area contributed by atoms with Gasteiger partial charge in [0.15, 0.2) is 0 Å². The van der Waals surface area contributed by atoms with Gasteiger partial charge in [0.2, 0.25) is 0 Å². The van der Waals surface area contributed by atoms with Gasteiger partial charge in [-0.3, -0.25) is 0 Å². The predicted molar refractivity (Wildman–Crippen MR) is 91.1 cm³/mol. The molecule has 1 aromatic carbocycles. The first kappa shape index (κ1) is 16.2. The Bertz CT molecular complexity index is 979. The van der Waals surface area contributed by atoms with Crippen molar-refractivity contribution < 1.29 is 15.0 Å². The van der Waals surface area contributed by atoms with E-state index in [0.717, 1.165) is 27.8 Å². The van der Waals surface area contributed by atoms with E-state index in [1.54, 1.807) is 20.0 Å². The lowest BCUT2D eigenvalue weighted by molar-refractivity contribution is 0.0701. The molecule has 3 aromatic rings. The zero-order chi connectivity index (χ0) is 17.4. The van der Waals surface area contributed by atoms with Gasteiger partial charge in [-0.25, -0.2) is 9.78 Å². The highest BCUT2D eigenvalue weighted by atomic mass is 32.1. The third kappa shape index (κ3) is 2.77. The van der Waals surface area contributed by atoms with Gasteiger partial charge in [-0.1, -0.05) is 0 Å². The van der Waals surface area contributed by atoms with Gasteiger partial charge in [0.05, 0.1) is 17.4 Å². The van der Waals surface area contributed by atoms with Crippen LogP contribution < -0.4 is 0 Å². The number of thiazole rings is 1. The molecule has 2 heterocycles. The second-order valence-electron chi connectivity index (χ2n) is 5.63. The van der Waals surface area contributed by atoms with Crippen LogP contribution in [0.3, 0.4) is 0 Å². The molecule has 0 spiro atoms. The van der Waals surface area contributed by atoms with Gasteiger partial charge in [-0.05, 0) is 32.0 Å². The summed E-state index contributed by atoms with van der Waals surface area (Å²) in [6, 6.07) is 7.73. The fraction of sp³-hybridized carbons (Fsp3) is 0.235. The number of aliphatic hydroxyl groups is 1. The number of benzene rings is 1. The molecule has 0 aliphatic carbocycles. The molecular weight excluding hydrogens is 326 g/mol. The van der Waals surface area contributed by atoms with Crippen LogP contribution in [0.2, 0.25) is 0 Å². The first-order chi connectivity index (χ1) is 11.4. The summed E-state index contributed by atoms with van der Waals surface area (Å²) in [6.07, 6.45) is 1.20. The smallest absolute Gasteiger partial charge is 0.347 e. The summed E-state index contributed by atoms with van der Waals surface area (Å²) in [4.78, 5) is 15.7. The molecule has 0 saturated carbocycles. The number of rotatable bonds is 4. The minimum absolute atomic E-state index is 0.220. The third-order valence-corrected chi connectivity index (χ3v) is 4.89. The number of carboxylic acids is 1. The van der Waals surface area contributed by atoms with Gasteiger partial charge in [0.1, 0.15) is 16.0 Å². The van der Waals surface area contributed by atoms with Crippen LogP contribution in [0.1, 0.15) is 27.9 Å². The SMILES string of the molecule is Cc1nc(-c2ccc3c(c2)c(C#N)cn3CC(C)O)sc1C(=O)O. The van der Waals surface area contributed by atoms with Crippen LogP contribution in [0.15, 0.2) is 24.4 Å². The molecule has 0 aliphatic rings. The Balaban J connectivity index is 2.13. The van der Waals surface area contributed by atoms with Crippen molar-refractivity contribution in [3.05, 3.63) is 40.5 Å². The molecule has 0 fully saturated rings. The Morgan fingerprint density at radius 2 is 2.25 bits per heavy atom. The second-order valence-corrected chi connectivity index (χ2v) is 6.63. The highest BCUT2D eigenvalue weighted by molar-refractivity contribution is 7.17. The topological polar surface area (TPSA) is 99.1 Å². The van der Waals surface area contributed by atoms with E-state index in [1.807, 2.05) is 22.8 Å². The molecule has 2 aromatic heterocycles. The summed E-state index contributed by atoms with van der Waals surface area (Å²) < 4.78 is 1.85. The minimum Gasteiger partial charge on any atom is -0.477 e. The van der Waals surface area contributed by atoms with Crippen LogP contribution in [0.4, 0.5) is 0 Å². The molecule has 0 saturated heterocycles. The number of hydrogen-bond acceptors (Lipinski definition) is 5. The van der Waals surface area contributed by atoms with Crippen molar-refractivity contribution in [1.29, 1.82) is 5.26 Å². The summed E-state index contributed by atoms with van der Waals surface area (Å²) in [6.45, 7) is 3.76. The van der Waals surface area contributed by atoms with Crippen LogP contribution >= 0.6 is 11.3 Å². The summed E-state index contributed by atoms with van der Waals surface area (Å²) in [5.41, 5.74) is 2.62. The number of carbonyl (C=O) groups is 1. The van der Waals surface area contributed by atoms with E-state index in [4.69, 9.17) is 5.11 Å². The lowest BCUT2D eigenvalue weighted by Gasteiger charge is -2.07. The number of aryl methyl sites for hydroxylation is 1. The molecule has 7 heteroatoms. The molecular formula is C17H15N3O3S. The summed E-state index contributed by atoms with van der Waals surface area (Å²) in [5, 5.41) is 29.5. The molecule has 0 bridgehead atoms. The number of hydrogen-bond donors (Lipinski definition) is 2. The standard InChI is InChI=1S/C17H15N3O3S/c1-9(21)7-20-8-12(6-18)13-5-11(3-4-14(13)20)16-19-10(2)15(24-16)17(22)23/h3-5,8-9,21H,7H2,1-2H3,(H,22,23). The van der Waals surface area contributed by atoms with Crippen LogP contribution in [0.25, 0.3) is 21.5 Å². The van der Waals surface area contributed by atoms with E-state index < -0.39 is 12.1 Å². The zero-order valence-corrected chi connectivity index (χ0v) is 14.0. The summed E-state index contributed by atoms with van der Waals surface area (Å²) >= 11 is 1.12. The third-order valence-electron chi connectivity index (χ3n) is 3.70. The average Bonchev–Trinajstić information content (AvgIpc) is 3.07. The minimum atomic E-state index is -0.988. The molecule has 0 radical (unpaired) electrons. The molecule has 1 atom stereocenters. The van der Waals surface area contributed by atoms with Gasteiger partial charge in [-0.2, -0.15) is 5.26 Å². The maximum atomic E-state index is 11.2. The lowest BCUT2D eigenvalue weighted by atomic mass is 10.1. The van der Waals surface area contributed by atoms with Crippen LogP contribution in [-0.4, -0.2) is 31.8 Å². The highest BCUT2D eigenvalue weighted by Crippen LogP contribution is 2.32. The highest BCUT2D eigenvalue weighted by Gasteiger charge is 2.17. The first-order valence-electron chi connectivity index (χ1n) is 7.33. The Morgan fingerprint density at radius 1 is 1.50 bits per heavy atom. The number of nitriles is 1. The number of aromatic carboxylic acids is 1. The fourth-order valence-corrected chi connectivity index (χ4v) is 3.57. The van der Waals surface area contributed by atoms with Crippen molar-refractivity contribution in [3.63, 3.8) is 0 Å². The molecule has 3 rings (SSSR count). The number of fused-ring (bicyclic) bond motifs is 1. The predicted octanol–water partition coefficient (Wildman–Crippen LogP) is 3.02. The van der Waals surface area contributed by atoms with Crippen molar-refractivity contribution >= 4 is 28.2 Å². The molecule has 2 N–H and O–H groups in total. The van der Waals surface area contributed by atoms with Crippen LogP contribution in [-0.2, 0) is 6.54 Å². The Hall–Kier alpha value is -2.69. The van der Waals surface area contributed by atoms with Crippen LogP contribution in [0.5, 0.6) is 0 Å². The number of carboxylic acid groups (broad SMARTS) is 1. The van der Waals surface area contributed by atoms with Crippen LogP contribution in [0, 0.1) is 18.3 Å². The second kappa shape index (κ2) is 6.07. The number of aromatic nitrogens is 2. The molecule has 1 unspecified atom stereocenters. The van der Waals surface area contributed by atoms with Gasteiger partial charge in [0.25, 0.3) is 0 Å². The van der Waals surface area contributed by atoms with Crippen molar-refractivity contribution in [2.75, 3.05) is 0 Å². The Kier molecular flexibility index (Phi) is 4.09. The molecule has 122 valence electrons. The Labute approximate surface area is 142 Å². The van der Waals surface area contributed by atoms with Gasteiger partial charge in [0, 0.05) is 29.2 Å². The van der Waals surface area contributed by atoms with Gasteiger partial charge >= 0.3 is 5.97 Å². The zero-order valence-electron chi connectivity index (χ0n) is 13.1. The van der Waals surface area contributed by atoms with E-state index in [1.165, 1.54) is 0 Å². The van der Waals surface area contributed by atoms with Gasteiger partial charge < -0.3 is 14.8 Å². The van der Waals surface area contributed by atoms with E-state index in [9.17, 15) is 15.2 Å². The number of nitrogens with zero attached hydrogens (tertiary/aromatic N) is 3. The number of aliphatic hydroxyl groups excluding tert-OH is 1. The Morgan fingerprint density at radius 3 is 2.83 bits per heavy atom. The average molecular weight is 341 g/mol. The van der Waals surface area contributed by atoms with E-state index in [2.05, 4.69) is 11.1 Å². The normalized spacial score (nSPS) is 12.2. The lowest BCUT2D eigenvalue weighted by Crippen LogP contribution is -2.10. The maximum Gasteiger partial charge on any atom is 0.347 e. The monoisotopic (exact) mass is 341 g/mol.